The second kappa shape index (κ2) is 7.57. The van der Waals surface area contributed by atoms with E-state index in [-0.39, 0.29) is 11.9 Å². The Kier molecular flexibility index (Phi) is 5.76. The van der Waals surface area contributed by atoms with Gasteiger partial charge in [0.2, 0.25) is 15.9 Å². The number of sulfonamides is 1. The zero-order chi connectivity index (χ0) is 16.0. The number of carbonyl (C=O) groups is 1. The lowest BCUT2D eigenvalue weighted by Gasteiger charge is -2.23. The second-order valence-corrected chi connectivity index (χ2v) is 7.03. The van der Waals surface area contributed by atoms with Crippen LogP contribution in [0.15, 0.2) is 24.3 Å². The van der Waals surface area contributed by atoms with E-state index in [9.17, 15) is 13.2 Å². The van der Waals surface area contributed by atoms with Crippen molar-refractivity contribution in [1.29, 1.82) is 0 Å². The molecule has 1 aliphatic heterocycles. The van der Waals surface area contributed by atoms with Crippen LogP contribution < -0.4 is 15.4 Å². The predicted octanol–water partition coefficient (Wildman–Crippen LogP) is 0.0528. The Morgan fingerprint density at radius 1 is 1.45 bits per heavy atom. The molecule has 0 aromatic heterocycles. The van der Waals surface area contributed by atoms with Crippen LogP contribution in [0.1, 0.15) is 12.0 Å². The molecule has 3 N–H and O–H groups in total. The largest absolute Gasteiger partial charge is 0.378 e. The minimum absolute atomic E-state index is 0.0481. The fraction of sp³-hybridized carbons (Fsp3) is 0.500. The summed E-state index contributed by atoms with van der Waals surface area (Å²) in [5, 5.41) is 6.05. The van der Waals surface area contributed by atoms with Crippen molar-refractivity contribution in [1.82, 2.24) is 10.6 Å². The van der Waals surface area contributed by atoms with Gasteiger partial charge >= 0.3 is 0 Å². The number of nitrogens with one attached hydrogen (secondary N) is 3. The summed E-state index contributed by atoms with van der Waals surface area (Å²) in [6.45, 7) is 2.34. The van der Waals surface area contributed by atoms with Crippen LogP contribution in [0.2, 0.25) is 0 Å². The fourth-order valence-corrected chi connectivity index (χ4v) is 2.76. The van der Waals surface area contributed by atoms with Crippen LogP contribution in [0.25, 0.3) is 0 Å². The van der Waals surface area contributed by atoms with Gasteiger partial charge in [0.1, 0.15) is 0 Å². The molecule has 1 fully saturated rings. The van der Waals surface area contributed by atoms with Crippen molar-refractivity contribution in [3.63, 3.8) is 0 Å². The molecule has 0 spiro atoms. The maximum absolute atomic E-state index is 11.9. The molecule has 0 radical (unpaired) electrons. The Bertz CT molecular complexity index is 612. The molecule has 8 heteroatoms. The van der Waals surface area contributed by atoms with Crippen LogP contribution >= 0.6 is 0 Å². The van der Waals surface area contributed by atoms with Gasteiger partial charge in [-0.3, -0.25) is 9.52 Å². The number of carbonyl (C=O) groups excluding carboxylic acids is 1. The third kappa shape index (κ3) is 6.00. The lowest BCUT2D eigenvalue weighted by molar-refractivity contribution is -0.122. The van der Waals surface area contributed by atoms with Crippen LogP contribution in [0.3, 0.4) is 0 Å². The van der Waals surface area contributed by atoms with Crippen LogP contribution in [0.4, 0.5) is 5.69 Å². The third-order valence-corrected chi connectivity index (χ3v) is 3.76. The lowest BCUT2D eigenvalue weighted by atomic mass is 10.1. The molecule has 22 heavy (non-hydrogen) atoms. The molecule has 122 valence electrons. The van der Waals surface area contributed by atoms with Crippen molar-refractivity contribution >= 4 is 21.6 Å². The topological polar surface area (TPSA) is 96.5 Å². The predicted molar refractivity (Wildman–Crippen MR) is 84.0 cm³/mol. The van der Waals surface area contributed by atoms with E-state index in [0.717, 1.165) is 18.4 Å². The molecule has 1 aliphatic rings. The normalized spacial score (nSPS) is 18.7. The quantitative estimate of drug-likeness (QED) is 0.686. The molecule has 0 aliphatic carbocycles. The summed E-state index contributed by atoms with van der Waals surface area (Å²) in [6, 6.07) is 6.98. The summed E-state index contributed by atoms with van der Waals surface area (Å²) in [5.74, 6) is -0.0653. The van der Waals surface area contributed by atoms with Crippen LogP contribution in [-0.2, 0) is 26.1 Å². The Morgan fingerprint density at radius 3 is 2.95 bits per heavy atom. The number of ether oxygens (including phenoxy) is 1. The molecule has 1 saturated heterocycles. The standard InChI is InChI=1S/C14H21N3O4S/c1-22(19,20)17-12-4-2-3-11(7-12)9-16-14(18)8-13-10-21-6-5-15-13/h2-4,7,13,15,17H,5-6,8-10H2,1H3,(H,16,18). The van der Waals surface area contributed by atoms with Gasteiger partial charge in [-0.25, -0.2) is 8.42 Å². The summed E-state index contributed by atoms with van der Waals surface area (Å²) in [4.78, 5) is 11.9. The molecule has 1 unspecified atom stereocenters. The first kappa shape index (κ1) is 16.7. The first-order chi connectivity index (χ1) is 10.4. The van der Waals surface area contributed by atoms with Crippen molar-refractivity contribution in [2.75, 3.05) is 30.7 Å². The van der Waals surface area contributed by atoms with E-state index in [4.69, 9.17) is 4.74 Å². The molecule has 1 heterocycles. The maximum Gasteiger partial charge on any atom is 0.229 e. The van der Waals surface area contributed by atoms with Crippen molar-refractivity contribution in [2.24, 2.45) is 0 Å². The molecular formula is C14H21N3O4S. The molecule has 1 atom stereocenters. The summed E-state index contributed by atoms with van der Waals surface area (Å²) >= 11 is 0. The Morgan fingerprint density at radius 2 is 2.27 bits per heavy atom. The minimum atomic E-state index is -3.30. The van der Waals surface area contributed by atoms with Gasteiger partial charge in [-0.15, -0.1) is 0 Å². The van der Waals surface area contributed by atoms with Gasteiger partial charge in [-0.2, -0.15) is 0 Å². The molecule has 7 nitrogen and oxygen atoms in total. The summed E-state index contributed by atoms with van der Waals surface area (Å²) in [7, 11) is -3.30. The number of amides is 1. The monoisotopic (exact) mass is 327 g/mol. The summed E-state index contributed by atoms with van der Waals surface area (Å²) < 4.78 is 30.1. The average Bonchev–Trinajstić information content (AvgIpc) is 2.45. The van der Waals surface area contributed by atoms with Crippen LogP contribution in [-0.4, -0.2) is 46.4 Å². The fourth-order valence-electron chi connectivity index (χ4n) is 2.21. The molecule has 0 saturated carbocycles. The number of hydrogen-bond acceptors (Lipinski definition) is 5. The third-order valence-electron chi connectivity index (χ3n) is 3.15. The average molecular weight is 327 g/mol. The molecule has 2 rings (SSSR count). The highest BCUT2D eigenvalue weighted by Gasteiger charge is 2.16. The first-order valence-electron chi connectivity index (χ1n) is 7.07. The molecular weight excluding hydrogens is 306 g/mol. The SMILES string of the molecule is CS(=O)(=O)Nc1cccc(CNC(=O)CC2COCCN2)c1. The number of anilines is 1. The molecule has 1 aromatic rings. The zero-order valence-electron chi connectivity index (χ0n) is 12.5. The molecule has 1 amide bonds. The van der Waals surface area contributed by atoms with E-state index < -0.39 is 10.0 Å². The Hall–Kier alpha value is -1.64. The van der Waals surface area contributed by atoms with E-state index in [1.807, 2.05) is 6.07 Å². The van der Waals surface area contributed by atoms with Gasteiger partial charge < -0.3 is 15.4 Å². The highest BCUT2D eigenvalue weighted by molar-refractivity contribution is 7.92. The number of hydrogen-bond donors (Lipinski definition) is 3. The molecule has 1 aromatic carbocycles. The van der Waals surface area contributed by atoms with Gasteiger partial charge in [-0.05, 0) is 17.7 Å². The Labute approximate surface area is 130 Å². The summed E-state index contributed by atoms with van der Waals surface area (Å²) in [5.41, 5.74) is 1.31. The van der Waals surface area contributed by atoms with E-state index >= 15 is 0 Å². The zero-order valence-corrected chi connectivity index (χ0v) is 13.3. The van der Waals surface area contributed by atoms with Crippen molar-refractivity contribution in [2.45, 2.75) is 19.0 Å². The van der Waals surface area contributed by atoms with Crippen LogP contribution in [0, 0.1) is 0 Å². The van der Waals surface area contributed by atoms with Gasteiger partial charge in [0.15, 0.2) is 0 Å². The van der Waals surface area contributed by atoms with Gasteiger partial charge in [0.25, 0.3) is 0 Å². The smallest absolute Gasteiger partial charge is 0.229 e. The van der Waals surface area contributed by atoms with Crippen molar-refractivity contribution in [3.8, 4) is 0 Å². The second-order valence-electron chi connectivity index (χ2n) is 5.28. The van der Waals surface area contributed by atoms with E-state index in [1.54, 1.807) is 18.2 Å². The first-order valence-corrected chi connectivity index (χ1v) is 8.96. The maximum atomic E-state index is 11.9. The van der Waals surface area contributed by atoms with Crippen LogP contribution in [0.5, 0.6) is 0 Å². The lowest BCUT2D eigenvalue weighted by Crippen LogP contribution is -2.44. The van der Waals surface area contributed by atoms with Gasteiger partial charge in [-0.1, -0.05) is 12.1 Å². The highest BCUT2D eigenvalue weighted by atomic mass is 32.2. The number of benzene rings is 1. The number of morpholine rings is 1. The highest BCUT2D eigenvalue weighted by Crippen LogP contribution is 2.12. The summed E-state index contributed by atoms with van der Waals surface area (Å²) in [6.07, 6.45) is 1.46. The minimum Gasteiger partial charge on any atom is -0.378 e. The van der Waals surface area contributed by atoms with Gasteiger partial charge in [0, 0.05) is 31.2 Å². The van der Waals surface area contributed by atoms with E-state index in [0.29, 0.717) is 31.9 Å². The van der Waals surface area contributed by atoms with Crippen molar-refractivity contribution in [3.05, 3.63) is 29.8 Å². The van der Waals surface area contributed by atoms with Gasteiger partial charge in [0.05, 0.1) is 19.5 Å². The molecule has 0 bridgehead atoms. The number of rotatable bonds is 6. The van der Waals surface area contributed by atoms with Crippen molar-refractivity contribution < 1.29 is 17.9 Å². The Balaban J connectivity index is 1.83. The van der Waals surface area contributed by atoms with E-state index in [2.05, 4.69) is 15.4 Å². The van der Waals surface area contributed by atoms with E-state index in [1.165, 1.54) is 0 Å².